The molecule has 0 amide bonds. The summed E-state index contributed by atoms with van der Waals surface area (Å²) in [6.07, 6.45) is 0. The Labute approximate surface area is 165 Å². The number of sulfonamides is 1. The minimum absolute atomic E-state index is 0.0135. The van der Waals surface area contributed by atoms with Gasteiger partial charge in [-0.2, -0.15) is 5.26 Å². The van der Waals surface area contributed by atoms with E-state index >= 15 is 0 Å². The van der Waals surface area contributed by atoms with Gasteiger partial charge in [0.05, 0.1) is 29.1 Å². The average Bonchev–Trinajstić information content (AvgIpc) is 3.01. The first-order valence-electron chi connectivity index (χ1n) is 9.24. The molecule has 0 saturated carbocycles. The maximum absolute atomic E-state index is 11.8. The van der Waals surface area contributed by atoms with Crippen molar-refractivity contribution in [3.63, 3.8) is 0 Å². The van der Waals surface area contributed by atoms with Crippen LogP contribution in [0.15, 0.2) is 42.5 Å². The molecule has 0 aliphatic rings. The SMILES string of the molecule is CCOc1ccc2c(c1)c(C#N)c(-c1ccc(NS(=O)(=O)CC)cc1)n2CC. The Hall–Kier alpha value is -2.98. The number of anilines is 1. The summed E-state index contributed by atoms with van der Waals surface area (Å²) in [7, 11) is -3.33. The molecule has 7 heteroatoms. The quantitative estimate of drug-likeness (QED) is 0.642. The number of ether oxygens (including phenoxy) is 1. The van der Waals surface area contributed by atoms with E-state index in [1.54, 1.807) is 19.1 Å². The van der Waals surface area contributed by atoms with E-state index in [0.717, 1.165) is 27.9 Å². The van der Waals surface area contributed by atoms with Gasteiger partial charge in [-0.3, -0.25) is 4.72 Å². The summed E-state index contributed by atoms with van der Waals surface area (Å²) in [5, 5.41) is 10.7. The summed E-state index contributed by atoms with van der Waals surface area (Å²) >= 11 is 0. The van der Waals surface area contributed by atoms with Crippen LogP contribution < -0.4 is 9.46 Å². The van der Waals surface area contributed by atoms with Crippen LogP contribution in [0.5, 0.6) is 5.75 Å². The number of hydrogen-bond donors (Lipinski definition) is 1. The van der Waals surface area contributed by atoms with Crippen molar-refractivity contribution in [2.45, 2.75) is 27.3 Å². The number of hydrogen-bond acceptors (Lipinski definition) is 4. The fourth-order valence-electron chi connectivity index (χ4n) is 3.28. The number of benzene rings is 2. The molecule has 0 radical (unpaired) electrons. The molecule has 0 fully saturated rings. The van der Waals surface area contributed by atoms with Crippen molar-refractivity contribution >= 4 is 26.6 Å². The number of fused-ring (bicyclic) bond motifs is 1. The van der Waals surface area contributed by atoms with E-state index in [1.807, 2.05) is 44.2 Å². The lowest BCUT2D eigenvalue weighted by atomic mass is 10.1. The first-order chi connectivity index (χ1) is 13.4. The summed E-state index contributed by atoms with van der Waals surface area (Å²) < 4.78 is 33.7. The van der Waals surface area contributed by atoms with Gasteiger partial charge in [0.2, 0.25) is 10.0 Å². The number of nitrogens with one attached hydrogen (secondary N) is 1. The molecule has 6 nitrogen and oxygen atoms in total. The predicted octanol–water partition coefficient (Wildman–Crippen LogP) is 4.36. The standard InChI is InChI=1S/C21H23N3O3S/c1-4-24-20-12-11-17(27-5-2)13-18(20)19(14-22)21(24)15-7-9-16(10-8-15)23-28(25,26)6-3/h7-13,23H,4-6H2,1-3H3. The Morgan fingerprint density at radius 1 is 1.11 bits per heavy atom. The second-order valence-corrected chi connectivity index (χ2v) is 8.29. The van der Waals surface area contributed by atoms with Crippen LogP contribution in [0.25, 0.3) is 22.2 Å². The van der Waals surface area contributed by atoms with Crippen LogP contribution in [-0.2, 0) is 16.6 Å². The van der Waals surface area contributed by atoms with Gasteiger partial charge in [-0.15, -0.1) is 0 Å². The molecule has 0 spiro atoms. The summed E-state index contributed by atoms with van der Waals surface area (Å²) in [6.45, 7) is 6.80. The van der Waals surface area contributed by atoms with Gasteiger partial charge in [0.1, 0.15) is 11.8 Å². The Morgan fingerprint density at radius 3 is 2.39 bits per heavy atom. The molecule has 3 aromatic rings. The molecular weight excluding hydrogens is 374 g/mol. The van der Waals surface area contributed by atoms with Gasteiger partial charge in [-0.1, -0.05) is 12.1 Å². The molecule has 146 valence electrons. The smallest absolute Gasteiger partial charge is 0.232 e. The minimum Gasteiger partial charge on any atom is -0.494 e. The van der Waals surface area contributed by atoms with E-state index < -0.39 is 10.0 Å². The molecule has 0 atom stereocenters. The zero-order chi connectivity index (χ0) is 20.3. The number of aryl methyl sites for hydroxylation is 1. The van der Waals surface area contributed by atoms with Crippen LogP contribution in [0.4, 0.5) is 5.69 Å². The van der Waals surface area contributed by atoms with Gasteiger partial charge in [-0.25, -0.2) is 8.42 Å². The Kier molecular flexibility index (Phi) is 5.61. The van der Waals surface area contributed by atoms with Crippen molar-refractivity contribution in [2.75, 3.05) is 17.1 Å². The third-order valence-electron chi connectivity index (χ3n) is 4.59. The maximum Gasteiger partial charge on any atom is 0.232 e. The van der Waals surface area contributed by atoms with Crippen molar-refractivity contribution < 1.29 is 13.2 Å². The maximum atomic E-state index is 11.8. The van der Waals surface area contributed by atoms with Crippen molar-refractivity contribution in [2.24, 2.45) is 0 Å². The highest BCUT2D eigenvalue weighted by Crippen LogP contribution is 2.35. The van der Waals surface area contributed by atoms with E-state index in [2.05, 4.69) is 15.4 Å². The van der Waals surface area contributed by atoms with E-state index in [9.17, 15) is 13.7 Å². The highest BCUT2D eigenvalue weighted by molar-refractivity contribution is 7.92. The topological polar surface area (TPSA) is 84.1 Å². The number of nitriles is 1. The van der Waals surface area contributed by atoms with Gasteiger partial charge in [0, 0.05) is 17.6 Å². The lowest BCUT2D eigenvalue weighted by Gasteiger charge is -2.10. The monoisotopic (exact) mass is 397 g/mol. The summed E-state index contributed by atoms with van der Waals surface area (Å²) in [4.78, 5) is 0. The molecule has 0 saturated heterocycles. The van der Waals surface area contributed by atoms with E-state index in [1.165, 1.54) is 0 Å². The Bertz CT molecular complexity index is 1140. The van der Waals surface area contributed by atoms with Gasteiger partial charge >= 0.3 is 0 Å². The van der Waals surface area contributed by atoms with Crippen LogP contribution in [0.3, 0.4) is 0 Å². The van der Waals surface area contributed by atoms with Crippen LogP contribution in [0.1, 0.15) is 26.3 Å². The molecule has 1 heterocycles. The highest BCUT2D eigenvalue weighted by atomic mass is 32.2. The van der Waals surface area contributed by atoms with Crippen molar-refractivity contribution in [1.82, 2.24) is 4.57 Å². The average molecular weight is 398 g/mol. The van der Waals surface area contributed by atoms with Crippen LogP contribution >= 0.6 is 0 Å². The lowest BCUT2D eigenvalue weighted by molar-refractivity contribution is 0.340. The minimum atomic E-state index is -3.33. The zero-order valence-electron chi connectivity index (χ0n) is 16.2. The number of rotatable bonds is 7. The van der Waals surface area contributed by atoms with Gasteiger partial charge in [0.25, 0.3) is 0 Å². The van der Waals surface area contributed by atoms with Crippen molar-refractivity contribution in [3.8, 4) is 23.1 Å². The van der Waals surface area contributed by atoms with E-state index in [4.69, 9.17) is 4.74 Å². The number of aromatic nitrogens is 1. The molecule has 1 N–H and O–H groups in total. The number of nitrogens with zero attached hydrogens (tertiary/aromatic N) is 2. The lowest BCUT2D eigenvalue weighted by Crippen LogP contribution is -2.14. The van der Waals surface area contributed by atoms with E-state index in [-0.39, 0.29) is 5.75 Å². The molecule has 0 aliphatic carbocycles. The molecule has 0 unspecified atom stereocenters. The Morgan fingerprint density at radius 2 is 1.82 bits per heavy atom. The molecule has 3 rings (SSSR count). The third kappa shape index (κ3) is 3.69. The normalized spacial score (nSPS) is 11.4. The zero-order valence-corrected chi connectivity index (χ0v) is 17.0. The van der Waals surface area contributed by atoms with Gasteiger partial charge < -0.3 is 9.30 Å². The molecule has 2 aromatic carbocycles. The van der Waals surface area contributed by atoms with Gasteiger partial charge in [0.15, 0.2) is 0 Å². The Balaban J connectivity index is 2.13. The first kappa shape index (κ1) is 19.8. The fraction of sp³-hybridized carbons (Fsp3) is 0.286. The summed E-state index contributed by atoms with van der Waals surface area (Å²) in [5.74, 6) is 0.746. The second kappa shape index (κ2) is 7.95. The predicted molar refractivity (Wildman–Crippen MR) is 112 cm³/mol. The third-order valence-corrected chi connectivity index (χ3v) is 5.89. The molecule has 0 aliphatic heterocycles. The molecule has 0 bridgehead atoms. The molecular formula is C21H23N3O3S. The highest BCUT2D eigenvalue weighted by Gasteiger charge is 2.19. The molecule has 1 aromatic heterocycles. The van der Waals surface area contributed by atoms with Crippen molar-refractivity contribution in [3.05, 3.63) is 48.0 Å². The molecule has 28 heavy (non-hydrogen) atoms. The fourth-order valence-corrected chi connectivity index (χ4v) is 3.92. The van der Waals surface area contributed by atoms with Crippen LogP contribution in [-0.4, -0.2) is 25.3 Å². The summed E-state index contributed by atoms with van der Waals surface area (Å²) in [5.41, 5.74) is 3.72. The largest absolute Gasteiger partial charge is 0.494 e. The first-order valence-corrected chi connectivity index (χ1v) is 10.9. The van der Waals surface area contributed by atoms with Crippen LogP contribution in [0, 0.1) is 11.3 Å². The summed E-state index contributed by atoms with van der Waals surface area (Å²) in [6, 6.07) is 15.2. The van der Waals surface area contributed by atoms with Crippen molar-refractivity contribution in [1.29, 1.82) is 5.26 Å². The van der Waals surface area contributed by atoms with Crippen LogP contribution in [0.2, 0.25) is 0 Å². The van der Waals surface area contributed by atoms with Gasteiger partial charge in [-0.05, 0) is 56.7 Å². The van der Waals surface area contributed by atoms with E-state index in [0.29, 0.717) is 24.4 Å². The second-order valence-electron chi connectivity index (χ2n) is 6.27.